The molecule has 1 fully saturated rings. The number of nitrogens with zero attached hydrogens (tertiary/aromatic N) is 5. The standard InChI is InChI=1S/C36H34FN7O6S2/c37-31-21-25(9-11-30(31)26-5-4-6-27(45)22-26)24-42-16-18-43(19-17-42)35-14-13-33(39-40-35)36(46)41-52(49,50)29-10-12-32(34(23-29)44(47)48)38-15-20-51-28-7-2-1-3-8-28/h1-14,21-23,38,45H,15-20,24H2,(H,41,46). The largest absolute Gasteiger partial charge is 0.508 e. The molecule has 0 saturated carbocycles. The maximum absolute atomic E-state index is 14.9. The summed E-state index contributed by atoms with van der Waals surface area (Å²) in [6, 6.07) is 27.5. The van der Waals surface area contributed by atoms with E-state index in [-0.39, 0.29) is 22.9 Å². The normalized spacial score (nSPS) is 13.4. The van der Waals surface area contributed by atoms with Crippen molar-refractivity contribution in [1.82, 2.24) is 19.8 Å². The molecule has 2 heterocycles. The van der Waals surface area contributed by atoms with Crippen molar-refractivity contribution in [2.24, 2.45) is 0 Å². The summed E-state index contributed by atoms with van der Waals surface area (Å²) in [6.45, 7) is 3.44. The predicted molar refractivity (Wildman–Crippen MR) is 196 cm³/mol. The lowest BCUT2D eigenvalue weighted by Gasteiger charge is -2.35. The van der Waals surface area contributed by atoms with Gasteiger partial charge < -0.3 is 15.3 Å². The molecule has 16 heteroatoms. The number of carbonyl (C=O) groups excluding carboxylic acids is 1. The van der Waals surface area contributed by atoms with Crippen LogP contribution < -0.4 is 14.9 Å². The Balaban J connectivity index is 1.01. The number of hydrogen-bond acceptors (Lipinski definition) is 12. The zero-order valence-corrected chi connectivity index (χ0v) is 29.3. The zero-order valence-electron chi connectivity index (χ0n) is 27.7. The molecular formula is C36H34FN7O6S2. The smallest absolute Gasteiger partial charge is 0.293 e. The molecule has 3 N–H and O–H groups in total. The van der Waals surface area contributed by atoms with Gasteiger partial charge in [-0.05, 0) is 65.7 Å². The van der Waals surface area contributed by atoms with E-state index < -0.39 is 31.4 Å². The lowest BCUT2D eigenvalue weighted by atomic mass is 10.0. The topological polar surface area (TPSA) is 171 Å². The number of carbonyl (C=O) groups is 1. The molecule has 0 unspecified atom stereocenters. The first-order valence-electron chi connectivity index (χ1n) is 16.2. The van der Waals surface area contributed by atoms with Gasteiger partial charge in [-0.1, -0.05) is 42.5 Å². The summed E-state index contributed by atoms with van der Waals surface area (Å²) < 4.78 is 42.9. The molecule has 0 radical (unpaired) electrons. The number of hydrogen-bond donors (Lipinski definition) is 3. The number of phenolic OH excluding ortho intramolecular Hbond substituents is 1. The number of halogens is 1. The average molecular weight is 744 g/mol. The van der Waals surface area contributed by atoms with Crippen molar-refractivity contribution in [3.8, 4) is 16.9 Å². The van der Waals surface area contributed by atoms with Crippen molar-refractivity contribution in [1.29, 1.82) is 0 Å². The van der Waals surface area contributed by atoms with E-state index in [0.717, 1.165) is 16.5 Å². The van der Waals surface area contributed by atoms with Gasteiger partial charge in [-0.2, -0.15) is 0 Å². The van der Waals surface area contributed by atoms with E-state index in [1.807, 2.05) is 46.0 Å². The van der Waals surface area contributed by atoms with Crippen LogP contribution in [0.1, 0.15) is 16.1 Å². The number of nitro groups is 1. The molecule has 1 aromatic heterocycles. The van der Waals surface area contributed by atoms with Crippen molar-refractivity contribution >= 4 is 44.9 Å². The Bertz CT molecular complexity index is 2170. The number of aromatic nitrogens is 2. The first-order valence-corrected chi connectivity index (χ1v) is 18.7. The molecule has 0 spiro atoms. The fourth-order valence-corrected chi connectivity index (χ4v) is 7.43. The lowest BCUT2D eigenvalue weighted by Crippen LogP contribution is -2.46. The maximum atomic E-state index is 14.9. The quantitative estimate of drug-likeness (QED) is 0.0596. The SMILES string of the molecule is O=C(NS(=O)(=O)c1ccc(NCCSc2ccccc2)c([N+](=O)[O-])c1)c1ccc(N2CCN(Cc3ccc(-c4cccc(O)c4)c(F)c3)CC2)nn1. The van der Waals surface area contributed by atoms with Gasteiger partial charge in [0.1, 0.15) is 17.3 Å². The predicted octanol–water partition coefficient (Wildman–Crippen LogP) is 5.54. The minimum Gasteiger partial charge on any atom is -0.508 e. The second kappa shape index (κ2) is 16.2. The maximum Gasteiger partial charge on any atom is 0.293 e. The highest BCUT2D eigenvalue weighted by atomic mass is 32.2. The summed E-state index contributed by atoms with van der Waals surface area (Å²) in [4.78, 5) is 28.7. The lowest BCUT2D eigenvalue weighted by molar-refractivity contribution is -0.384. The van der Waals surface area contributed by atoms with Gasteiger partial charge in [0.15, 0.2) is 11.5 Å². The Morgan fingerprint density at radius 3 is 2.40 bits per heavy atom. The van der Waals surface area contributed by atoms with Gasteiger partial charge in [0.05, 0.1) is 9.82 Å². The van der Waals surface area contributed by atoms with E-state index in [0.29, 0.717) is 62.0 Å². The minimum absolute atomic E-state index is 0.0694. The fraction of sp³-hybridized carbons (Fsp3) is 0.194. The third-order valence-corrected chi connectivity index (χ3v) is 10.7. The molecule has 6 rings (SSSR count). The molecule has 0 bridgehead atoms. The van der Waals surface area contributed by atoms with E-state index >= 15 is 0 Å². The Morgan fingerprint density at radius 1 is 0.923 bits per heavy atom. The van der Waals surface area contributed by atoms with Crippen LogP contribution in [0.25, 0.3) is 11.1 Å². The molecule has 5 aromatic rings. The number of rotatable bonds is 13. The van der Waals surface area contributed by atoms with E-state index in [2.05, 4.69) is 20.4 Å². The molecule has 1 saturated heterocycles. The summed E-state index contributed by atoms with van der Waals surface area (Å²) in [6.07, 6.45) is 0. The van der Waals surface area contributed by atoms with Crippen LogP contribution in [-0.4, -0.2) is 77.9 Å². The fourth-order valence-electron chi connectivity index (χ4n) is 5.66. The number of anilines is 2. The number of amides is 1. The molecular weight excluding hydrogens is 710 g/mol. The second-order valence-electron chi connectivity index (χ2n) is 11.9. The highest BCUT2D eigenvalue weighted by molar-refractivity contribution is 7.99. The number of nitro benzene ring substituents is 1. The number of phenols is 1. The minimum atomic E-state index is -4.48. The molecule has 268 valence electrons. The van der Waals surface area contributed by atoms with Gasteiger partial charge in [0, 0.05) is 61.5 Å². The number of nitrogens with one attached hydrogen (secondary N) is 2. The van der Waals surface area contributed by atoms with Crippen molar-refractivity contribution in [2.75, 3.05) is 48.7 Å². The third kappa shape index (κ3) is 9.01. The molecule has 1 aliphatic heterocycles. The van der Waals surface area contributed by atoms with E-state index in [1.165, 1.54) is 36.4 Å². The average Bonchev–Trinajstić information content (AvgIpc) is 3.14. The van der Waals surface area contributed by atoms with Crippen LogP contribution in [0.15, 0.2) is 113 Å². The Hall–Kier alpha value is -5.58. The first kappa shape index (κ1) is 36.2. The van der Waals surface area contributed by atoms with E-state index in [1.54, 1.807) is 36.0 Å². The number of piperazine rings is 1. The highest BCUT2D eigenvalue weighted by Gasteiger charge is 2.25. The van der Waals surface area contributed by atoms with Gasteiger partial charge in [-0.15, -0.1) is 22.0 Å². The van der Waals surface area contributed by atoms with E-state index in [4.69, 9.17) is 0 Å². The number of thioether (sulfide) groups is 1. The van der Waals surface area contributed by atoms with Crippen LogP contribution in [0, 0.1) is 15.9 Å². The molecule has 0 atom stereocenters. The van der Waals surface area contributed by atoms with Gasteiger partial charge in [-0.25, -0.2) is 17.5 Å². The second-order valence-corrected chi connectivity index (χ2v) is 14.7. The highest BCUT2D eigenvalue weighted by Crippen LogP contribution is 2.29. The molecule has 4 aromatic carbocycles. The van der Waals surface area contributed by atoms with Crippen molar-refractivity contribution < 1.29 is 27.6 Å². The van der Waals surface area contributed by atoms with Crippen molar-refractivity contribution in [3.63, 3.8) is 0 Å². The van der Waals surface area contributed by atoms with Crippen LogP contribution in [0.5, 0.6) is 5.75 Å². The van der Waals surface area contributed by atoms with Gasteiger partial charge in [0.25, 0.3) is 21.6 Å². The van der Waals surface area contributed by atoms with Crippen LogP contribution >= 0.6 is 11.8 Å². The number of benzene rings is 4. The summed E-state index contributed by atoms with van der Waals surface area (Å²) in [5, 5.41) is 32.5. The summed E-state index contributed by atoms with van der Waals surface area (Å²) in [7, 11) is -4.48. The summed E-state index contributed by atoms with van der Waals surface area (Å²) >= 11 is 1.57. The molecule has 13 nitrogen and oxygen atoms in total. The van der Waals surface area contributed by atoms with Crippen LogP contribution in [0.2, 0.25) is 0 Å². The van der Waals surface area contributed by atoms with E-state index in [9.17, 15) is 32.8 Å². The summed E-state index contributed by atoms with van der Waals surface area (Å²) in [5.41, 5.74) is 1.29. The monoisotopic (exact) mass is 743 g/mol. The van der Waals surface area contributed by atoms with Gasteiger partial charge in [-0.3, -0.25) is 19.8 Å². The zero-order chi connectivity index (χ0) is 36.7. The Kier molecular flexibility index (Phi) is 11.3. The third-order valence-electron chi connectivity index (χ3n) is 8.31. The van der Waals surface area contributed by atoms with Crippen molar-refractivity contribution in [2.45, 2.75) is 16.3 Å². The Labute approximate surface area is 303 Å². The van der Waals surface area contributed by atoms with Gasteiger partial charge in [0.2, 0.25) is 0 Å². The Morgan fingerprint density at radius 2 is 1.71 bits per heavy atom. The molecule has 52 heavy (non-hydrogen) atoms. The van der Waals surface area contributed by atoms with Crippen LogP contribution in [0.4, 0.5) is 21.6 Å². The molecule has 0 aliphatic carbocycles. The number of sulfonamides is 1. The molecule has 1 amide bonds. The van der Waals surface area contributed by atoms with Crippen LogP contribution in [-0.2, 0) is 16.6 Å². The van der Waals surface area contributed by atoms with Gasteiger partial charge >= 0.3 is 0 Å². The first-order chi connectivity index (χ1) is 25.1. The number of aromatic hydroxyl groups is 1. The molecule has 1 aliphatic rings. The van der Waals surface area contributed by atoms with Crippen LogP contribution in [0.3, 0.4) is 0 Å². The summed E-state index contributed by atoms with van der Waals surface area (Å²) in [5.74, 6) is -0.213. The van der Waals surface area contributed by atoms with Crippen molar-refractivity contribution in [3.05, 3.63) is 130 Å².